The van der Waals surface area contributed by atoms with E-state index in [4.69, 9.17) is 0 Å². The molecule has 2 heterocycles. The Balaban J connectivity index is 1.64. The molecule has 0 aliphatic carbocycles. The molecule has 4 rings (SSSR count). The number of aryl methyl sites for hydroxylation is 1. The lowest BCUT2D eigenvalue weighted by Gasteiger charge is -2.25. The first-order valence-corrected chi connectivity index (χ1v) is 11.9. The van der Waals surface area contributed by atoms with Crippen LogP contribution in [-0.2, 0) is 16.4 Å². The van der Waals surface area contributed by atoms with Gasteiger partial charge in [-0.05, 0) is 69.0 Å². The number of fused-ring (bicyclic) bond motifs is 1. The van der Waals surface area contributed by atoms with E-state index in [1.54, 1.807) is 24.3 Å². The third-order valence-corrected chi connectivity index (χ3v) is 7.89. The molecule has 2 aromatic carbocycles. The van der Waals surface area contributed by atoms with Crippen LogP contribution in [-0.4, -0.2) is 38.4 Å². The van der Waals surface area contributed by atoms with Gasteiger partial charge in [-0.3, -0.25) is 9.10 Å². The zero-order chi connectivity index (χ0) is 20.6. The van der Waals surface area contributed by atoms with Crippen molar-refractivity contribution in [2.24, 2.45) is 0 Å². The third-order valence-electron chi connectivity index (χ3n) is 5.95. The summed E-state index contributed by atoms with van der Waals surface area (Å²) in [6.45, 7) is 5.47. The number of carbonyl (C=O) groups is 1. The molecule has 1 fully saturated rings. The first kappa shape index (κ1) is 20.0. The molecule has 154 valence electrons. The highest BCUT2D eigenvalue weighted by molar-refractivity contribution is 7.92. The number of anilines is 1. The Labute approximate surface area is 173 Å². The molecule has 0 unspecified atom stereocenters. The molecule has 1 atom stereocenters. The minimum atomic E-state index is -3.64. The van der Waals surface area contributed by atoms with Crippen molar-refractivity contribution >= 4 is 21.6 Å². The minimum absolute atomic E-state index is 0.0576. The molecule has 0 bridgehead atoms. The Bertz CT molecular complexity index is 1010. The van der Waals surface area contributed by atoms with Crippen LogP contribution in [0.5, 0.6) is 0 Å². The van der Waals surface area contributed by atoms with Crippen molar-refractivity contribution in [1.29, 1.82) is 0 Å². The monoisotopic (exact) mass is 412 g/mol. The van der Waals surface area contributed by atoms with E-state index >= 15 is 0 Å². The summed E-state index contributed by atoms with van der Waals surface area (Å²) < 4.78 is 28.1. The number of carbonyl (C=O) groups excluding carboxylic acids is 1. The van der Waals surface area contributed by atoms with Gasteiger partial charge in [-0.2, -0.15) is 0 Å². The molecule has 29 heavy (non-hydrogen) atoms. The van der Waals surface area contributed by atoms with E-state index in [0.29, 0.717) is 22.6 Å². The number of rotatable bonds is 3. The Morgan fingerprint density at radius 2 is 1.62 bits per heavy atom. The summed E-state index contributed by atoms with van der Waals surface area (Å²) in [6.07, 6.45) is 5.07. The molecule has 0 spiro atoms. The summed E-state index contributed by atoms with van der Waals surface area (Å²) in [5.41, 5.74) is 3.29. The SMILES string of the molecule is Cc1ccc(S(=O)(=O)N2c3ccc(C(=O)N4CCCCCC4)cc3C[C@@H]2C)cc1. The van der Waals surface area contributed by atoms with Crippen LogP contribution >= 0.6 is 0 Å². The van der Waals surface area contributed by atoms with E-state index in [-0.39, 0.29) is 11.9 Å². The molecule has 0 saturated carbocycles. The second kappa shape index (κ2) is 7.82. The fraction of sp³-hybridized carbons (Fsp3) is 0.435. The molecular formula is C23H28N2O3S. The van der Waals surface area contributed by atoms with Crippen LogP contribution in [0.2, 0.25) is 0 Å². The van der Waals surface area contributed by atoms with Crippen molar-refractivity contribution in [3.63, 3.8) is 0 Å². The molecule has 1 amide bonds. The van der Waals surface area contributed by atoms with Gasteiger partial charge >= 0.3 is 0 Å². The van der Waals surface area contributed by atoms with E-state index in [1.165, 1.54) is 17.1 Å². The van der Waals surface area contributed by atoms with Gasteiger partial charge in [-0.15, -0.1) is 0 Å². The highest BCUT2D eigenvalue weighted by Crippen LogP contribution is 2.37. The van der Waals surface area contributed by atoms with Crippen molar-refractivity contribution in [3.05, 3.63) is 59.2 Å². The highest BCUT2D eigenvalue weighted by atomic mass is 32.2. The fourth-order valence-corrected chi connectivity index (χ4v) is 6.07. The lowest BCUT2D eigenvalue weighted by molar-refractivity contribution is 0.0761. The van der Waals surface area contributed by atoms with Gasteiger partial charge in [0.05, 0.1) is 10.6 Å². The normalized spacial score (nSPS) is 19.7. The van der Waals surface area contributed by atoms with Crippen molar-refractivity contribution in [3.8, 4) is 0 Å². The zero-order valence-corrected chi connectivity index (χ0v) is 17.9. The quantitative estimate of drug-likeness (QED) is 0.761. The topological polar surface area (TPSA) is 57.7 Å². The Morgan fingerprint density at radius 3 is 2.28 bits per heavy atom. The number of amides is 1. The van der Waals surface area contributed by atoms with Crippen molar-refractivity contribution in [2.45, 2.75) is 56.9 Å². The smallest absolute Gasteiger partial charge is 0.264 e. The largest absolute Gasteiger partial charge is 0.339 e. The summed E-state index contributed by atoms with van der Waals surface area (Å²) in [7, 11) is -3.64. The average molecular weight is 413 g/mol. The van der Waals surface area contributed by atoms with Crippen molar-refractivity contribution in [1.82, 2.24) is 4.90 Å². The molecule has 2 aliphatic heterocycles. The number of nitrogens with zero attached hydrogens (tertiary/aromatic N) is 2. The van der Waals surface area contributed by atoms with Crippen LogP contribution < -0.4 is 4.31 Å². The maximum Gasteiger partial charge on any atom is 0.264 e. The maximum atomic E-state index is 13.3. The van der Waals surface area contributed by atoms with E-state index in [1.807, 2.05) is 36.9 Å². The second-order valence-corrected chi connectivity index (χ2v) is 10.0. The van der Waals surface area contributed by atoms with Crippen LogP contribution in [0.15, 0.2) is 47.4 Å². The molecule has 6 heteroatoms. The van der Waals surface area contributed by atoms with Gasteiger partial charge in [-0.25, -0.2) is 8.42 Å². The predicted molar refractivity (Wildman–Crippen MR) is 115 cm³/mol. The number of likely N-dealkylation sites (tertiary alicyclic amines) is 1. The van der Waals surface area contributed by atoms with Crippen LogP contribution in [0.4, 0.5) is 5.69 Å². The maximum absolute atomic E-state index is 13.3. The van der Waals surface area contributed by atoms with Crippen molar-refractivity contribution < 1.29 is 13.2 Å². The van der Waals surface area contributed by atoms with Gasteiger partial charge in [0.2, 0.25) is 0 Å². The summed E-state index contributed by atoms with van der Waals surface area (Å²) in [5.74, 6) is 0.0576. The van der Waals surface area contributed by atoms with Crippen LogP contribution in [0.3, 0.4) is 0 Å². The van der Waals surface area contributed by atoms with E-state index < -0.39 is 10.0 Å². The first-order chi connectivity index (χ1) is 13.9. The van der Waals surface area contributed by atoms with Crippen LogP contribution in [0.25, 0.3) is 0 Å². The van der Waals surface area contributed by atoms with Crippen LogP contribution in [0.1, 0.15) is 54.1 Å². The number of hydrogen-bond acceptors (Lipinski definition) is 3. The molecule has 5 nitrogen and oxygen atoms in total. The van der Waals surface area contributed by atoms with Gasteiger partial charge in [0.15, 0.2) is 0 Å². The lowest BCUT2D eigenvalue weighted by Crippen LogP contribution is -2.35. The molecule has 1 saturated heterocycles. The van der Waals surface area contributed by atoms with E-state index in [0.717, 1.165) is 37.1 Å². The molecule has 2 aromatic rings. The van der Waals surface area contributed by atoms with E-state index in [9.17, 15) is 13.2 Å². The Morgan fingerprint density at radius 1 is 0.966 bits per heavy atom. The Kier molecular flexibility index (Phi) is 5.38. The van der Waals surface area contributed by atoms with Crippen LogP contribution in [0, 0.1) is 6.92 Å². The molecular weight excluding hydrogens is 384 g/mol. The average Bonchev–Trinajstić information content (AvgIpc) is 2.86. The van der Waals surface area contributed by atoms with Gasteiger partial charge in [0.25, 0.3) is 15.9 Å². The lowest BCUT2D eigenvalue weighted by atomic mass is 10.1. The molecule has 2 aliphatic rings. The van der Waals surface area contributed by atoms with Crippen molar-refractivity contribution in [2.75, 3.05) is 17.4 Å². The zero-order valence-electron chi connectivity index (χ0n) is 17.1. The summed E-state index contributed by atoms with van der Waals surface area (Å²) in [6, 6.07) is 12.2. The fourth-order valence-electron chi connectivity index (χ4n) is 4.38. The summed E-state index contributed by atoms with van der Waals surface area (Å²) in [4.78, 5) is 15.2. The predicted octanol–water partition coefficient (Wildman–Crippen LogP) is 4.15. The number of benzene rings is 2. The second-order valence-electron chi connectivity index (χ2n) is 8.22. The molecule has 0 N–H and O–H groups in total. The van der Waals surface area contributed by atoms with E-state index in [2.05, 4.69) is 0 Å². The first-order valence-electron chi connectivity index (χ1n) is 10.4. The number of hydrogen-bond donors (Lipinski definition) is 0. The Hall–Kier alpha value is -2.34. The molecule has 0 radical (unpaired) electrons. The molecule has 0 aromatic heterocycles. The number of sulfonamides is 1. The van der Waals surface area contributed by atoms with Gasteiger partial charge < -0.3 is 4.90 Å². The summed E-state index contributed by atoms with van der Waals surface area (Å²) in [5, 5.41) is 0. The standard InChI is InChI=1S/C23H28N2O3S/c1-17-7-10-21(11-8-17)29(27,28)25-18(2)15-20-16-19(9-12-22(20)25)23(26)24-13-5-3-4-6-14-24/h7-12,16,18H,3-6,13-15H2,1-2H3/t18-/m0/s1. The van der Waals surface area contributed by atoms with Gasteiger partial charge in [-0.1, -0.05) is 30.5 Å². The van der Waals surface area contributed by atoms with Gasteiger partial charge in [0.1, 0.15) is 0 Å². The minimum Gasteiger partial charge on any atom is -0.339 e. The summed E-state index contributed by atoms with van der Waals surface area (Å²) >= 11 is 0. The highest BCUT2D eigenvalue weighted by Gasteiger charge is 2.36. The third kappa shape index (κ3) is 3.78. The van der Waals surface area contributed by atoms with Gasteiger partial charge in [0, 0.05) is 24.7 Å².